The molecule has 2 amide bonds. The number of carbonyl (C=O) groups is 2. The Hall–Kier alpha value is -1.60. The van der Waals surface area contributed by atoms with Gasteiger partial charge in [0.15, 0.2) is 0 Å². The standard InChI is InChI=1S/C12H22N2O5/c1-5-10(15)17-9-8-13-11(16)14-12(4,18-6-2)19-7-3/h5H,1,6-9H2,2-4H3,(H2,13,14,16). The summed E-state index contributed by atoms with van der Waals surface area (Å²) in [7, 11) is 0. The molecule has 0 radical (unpaired) electrons. The van der Waals surface area contributed by atoms with Gasteiger partial charge in [-0.15, -0.1) is 0 Å². The second-order valence-electron chi connectivity index (χ2n) is 3.56. The van der Waals surface area contributed by atoms with Crippen molar-refractivity contribution in [2.45, 2.75) is 26.7 Å². The number of rotatable bonds is 9. The van der Waals surface area contributed by atoms with Crippen molar-refractivity contribution in [3.8, 4) is 0 Å². The Morgan fingerprint density at radius 3 is 2.32 bits per heavy atom. The number of hydrogen-bond acceptors (Lipinski definition) is 5. The lowest BCUT2D eigenvalue weighted by atomic mass is 10.5. The molecular formula is C12H22N2O5. The van der Waals surface area contributed by atoms with E-state index in [4.69, 9.17) is 14.2 Å². The third-order valence-corrected chi connectivity index (χ3v) is 1.98. The molecule has 0 bridgehead atoms. The van der Waals surface area contributed by atoms with Gasteiger partial charge in [0.1, 0.15) is 6.61 Å². The highest BCUT2D eigenvalue weighted by atomic mass is 16.7. The van der Waals surface area contributed by atoms with Gasteiger partial charge in [-0.3, -0.25) is 5.32 Å². The number of urea groups is 1. The van der Waals surface area contributed by atoms with E-state index in [-0.39, 0.29) is 13.2 Å². The van der Waals surface area contributed by atoms with Crippen LogP contribution in [0.4, 0.5) is 4.79 Å². The molecule has 19 heavy (non-hydrogen) atoms. The van der Waals surface area contributed by atoms with Crippen LogP contribution in [0.3, 0.4) is 0 Å². The first-order valence-corrected chi connectivity index (χ1v) is 6.10. The third-order valence-electron chi connectivity index (χ3n) is 1.98. The highest BCUT2D eigenvalue weighted by Crippen LogP contribution is 2.07. The minimum Gasteiger partial charge on any atom is -0.461 e. The van der Waals surface area contributed by atoms with Crippen LogP contribution < -0.4 is 10.6 Å². The fraction of sp³-hybridized carbons (Fsp3) is 0.667. The highest BCUT2D eigenvalue weighted by molar-refractivity contribution is 5.81. The maximum Gasteiger partial charge on any atom is 0.330 e. The van der Waals surface area contributed by atoms with Crippen LogP contribution in [0, 0.1) is 0 Å². The molecule has 0 saturated carbocycles. The Bertz CT molecular complexity index is 300. The molecule has 110 valence electrons. The lowest BCUT2D eigenvalue weighted by molar-refractivity contribution is -0.232. The van der Waals surface area contributed by atoms with E-state index in [1.165, 1.54) is 0 Å². The lowest BCUT2D eigenvalue weighted by Gasteiger charge is -2.29. The minimum atomic E-state index is -1.18. The minimum absolute atomic E-state index is 0.0677. The average Bonchev–Trinajstić information content (AvgIpc) is 2.34. The quantitative estimate of drug-likeness (QED) is 0.280. The zero-order valence-electron chi connectivity index (χ0n) is 11.7. The number of hydrogen-bond donors (Lipinski definition) is 2. The van der Waals surface area contributed by atoms with E-state index in [0.717, 1.165) is 6.08 Å². The van der Waals surface area contributed by atoms with Crippen molar-refractivity contribution in [2.75, 3.05) is 26.4 Å². The van der Waals surface area contributed by atoms with Crippen molar-refractivity contribution in [3.63, 3.8) is 0 Å². The molecule has 0 atom stereocenters. The smallest absolute Gasteiger partial charge is 0.330 e. The molecule has 0 aromatic rings. The van der Waals surface area contributed by atoms with Crippen LogP contribution in [0.5, 0.6) is 0 Å². The van der Waals surface area contributed by atoms with Crippen molar-refractivity contribution in [1.82, 2.24) is 10.6 Å². The van der Waals surface area contributed by atoms with E-state index in [0.29, 0.717) is 13.2 Å². The van der Waals surface area contributed by atoms with Crippen LogP contribution >= 0.6 is 0 Å². The van der Waals surface area contributed by atoms with Gasteiger partial charge in [0, 0.05) is 26.2 Å². The molecule has 0 unspecified atom stereocenters. The summed E-state index contributed by atoms with van der Waals surface area (Å²) in [4.78, 5) is 22.3. The van der Waals surface area contributed by atoms with E-state index >= 15 is 0 Å². The topological polar surface area (TPSA) is 85.9 Å². The second kappa shape index (κ2) is 9.35. The zero-order valence-corrected chi connectivity index (χ0v) is 11.7. The van der Waals surface area contributed by atoms with Crippen molar-refractivity contribution in [2.24, 2.45) is 0 Å². The lowest BCUT2D eigenvalue weighted by Crippen LogP contribution is -2.54. The van der Waals surface area contributed by atoms with Gasteiger partial charge in [0.2, 0.25) is 5.91 Å². The summed E-state index contributed by atoms with van der Waals surface area (Å²) in [5.74, 6) is -1.71. The van der Waals surface area contributed by atoms with Crippen molar-refractivity contribution in [3.05, 3.63) is 12.7 Å². The average molecular weight is 274 g/mol. The number of esters is 1. The van der Waals surface area contributed by atoms with Gasteiger partial charge in [-0.25, -0.2) is 9.59 Å². The third kappa shape index (κ3) is 8.17. The monoisotopic (exact) mass is 274 g/mol. The Morgan fingerprint density at radius 1 is 1.26 bits per heavy atom. The summed E-state index contributed by atoms with van der Waals surface area (Å²) in [6.45, 7) is 9.50. The van der Waals surface area contributed by atoms with Gasteiger partial charge < -0.3 is 19.5 Å². The van der Waals surface area contributed by atoms with Crippen molar-refractivity contribution in [1.29, 1.82) is 0 Å². The van der Waals surface area contributed by atoms with Gasteiger partial charge in [0.25, 0.3) is 0 Å². The summed E-state index contributed by atoms with van der Waals surface area (Å²) >= 11 is 0. The largest absolute Gasteiger partial charge is 0.461 e. The van der Waals surface area contributed by atoms with Crippen molar-refractivity contribution < 1.29 is 23.8 Å². The molecule has 0 aliphatic heterocycles. The van der Waals surface area contributed by atoms with Crippen LogP contribution in [0.15, 0.2) is 12.7 Å². The van der Waals surface area contributed by atoms with Crippen LogP contribution in [-0.2, 0) is 19.0 Å². The summed E-state index contributed by atoms with van der Waals surface area (Å²) in [5.41, 5.74) is 0. The Labute approximate surface area is 113 Å². The van der Waals surface area contributed by atoms with Crippen LogP contribution in [0.1, 0.15) is 20.8 Å². The summed E-state index contributed by atoms with van der Waals surface area (Å²) in [5, 5.41) is 5.06. The van der Waals surface area contributed by atoms with Gasteiger partial charge in [0.05, 0.1) is 6.54 Å². The van der Waals surface area contributed by atoms with Crippen molar-refractivity contribution >= 4 is 12.0 Å². The molecule has 7 nitrogen and oxygen atoms in total. The molecule has 0 aliphatic rings. The predicted octanol–water partition coefficient (Wildman–Crippen LogP) is 0.761. The Kier molecular flexibility index (Phi) is 8.56. The normalized spacial score (nSPS) is 10.7. The molecule has 0 aromatic heterocycles. The maximum absolute atomic E-state index is 11.6. The SMILES string of the molecule is C=CC(=O)OCCNC(=O)NC(C)(OCC)OCC. The molecule has 0 rings (SSSR count). The molecular weight excluding hydrogens is 252 g/mol. The fourth-order valence-electron chi connectivity index (χ4n) is 1.29. The summed E-state index contributed by atoms with van der Waals surface area (Å²) < 4.78 is 15.3. The molecule has 2 N–H and O–H groups in total. The molecule has 0 aromatic carbocycles. The Morgan fingerprint density at radius 2 is 1.84 bits per heavy atom. The fourth-order valence-corrected chi connectivity index (χ4v) is 1.29. The van der Waals surface area contributed by atoms with Crippen LogP contribution in [0.25, 0.3) is 0 Å². The van der Waals surface area contributed by atoms with E-state index in [1.54, 1.807) is 20.8 Å². The van der Waals surface area contributed by atoms with E-state index in [1.807, 2.05) is 0 Å². The summed E-state index contributed by atoms with van der Waals surface area (Å²) in [6.07, 6.45) is 1.06. The van der Waals surface area contributed by atoms with E-state index < -0.39 is 17.9 Å². The van der Waals surface area contributed by atoms with Gasteiger partial charge in [-0.05, 0) is 13.8 Å². The molecule has 0 saturated heterocycles. The first kappa shape index (κ1) is 17.4. The van der Waals surface area contributed by atoms with Crippen LogP contribution in [-0.4, -0.2) is 44.3 Å². The number of amides is 2. The molecule has 0 spiro atoms. The van der Waals surface area contributed by atoms with Gasteiger partial charge >= 0.3 is 12.0 Å². The summed E-state index contributed by atoms with van der Waals surface area (Å²) in [6, 6.07) is -0.473. The molecule has 0 heterocycles. The van der Waals surface area contributed by atoms with E-state index in [9.17, 15) is 9.59 Å². The predicted molar refractivity (Wildman–Crippen MR) is 69.3 cm³/mol. The number of carbonyl (C=O) groups excluding carboxylic acids is 2. The number of nitrogens with one attached hydrogen (secondary N) is 2. The number of ether oxygens (including phenoxy) is 3. The molecule has 0 fully saturated rings. The second-order valence-corrected chi connectivity index (χ2v) is 3.56. The van der Waals surface area contributed by atoms with Crippen LogP contribution in [0.2, 0.25) is 0 Å². The first-order valence-electron chi connectivity index (χ1n) is 6.10. The van der Waals surface area contributed by atoms with E-state index in [2.05, 4.69) is 17.2 Å². The first-order chi connectivity index (χ1) is 8.97. The Balaban J connectivity index is 3.99. The molecule has 7 heteroatoms. The maximum atomic E-state index is 11.6. The van der Waals surface area contributed by atoms with Gasteiger partial charge in [-0.2, -0.15) is 0 Å². The van der Waals surface area contributed by atoms with Gasteiger partial charge in [-0.1, -0.05) is 6.58 Å². The zero-order chi connectivity index (χ0) is 14.7. The highest BCUT2D eigenvalue weighted by Gasteiger charge is 2.26. The molecule has 0 aliphatic carbocycles.